The highest BCUT2D eigenvalue weighted by atomic mass is 14.8. The van der Waals surface area contributed by atoms with Gasteiger partial charge in [-0.05, 0) is 50.0 Å². The summed E-state index contributed by atoms with van der Waals surface area (Å²) in [5, 5.41) is 0. The molecule has 2 saturated carbocycles. The van der Waals surface area contributed by atoms with Gasteiger partial charge in [0, 0.05) is 5.54 Å². The fourth-order valence-corrected chi connectivity index (χ4v) is 3.91. The van der Waals surface area contributed by atoms with Crippen LogP contribution < -0.4 is 5.73 Å². The molecule has 0 aliphatic heterocycles. The van der Waals surface area contributed by atoms with Gasteiger partial charge in [0.25, 0.3) is 0 Å². The zero-order valence-electron chi connectivity index (χ0n) is 10.1. The SMILES string of the molecule is Cc1cccc(CC2(N)CC3CCC2C3)c1. The molecule has 1 aromatic rings. The molecule has 86 valence electrons. The van der Waals surface area contributed by atoms with E-state index in [4.69, 9.17) is 5.73 Å². The van der Waals surface area contributed by atoms with Crippen molar-refractivity contribution in [3.8, 4) is 0 Å². The van der Waals surface area contributed by atoms with Crippen LogP contribution in [0.5, 0.6) is 0 Å². The quantitative estimate of drug-likeness (QED) is 0.806. The van der Waals surface area contributed by atoms with Crippen LogP contribution in [-0.2, 0) is 6.42 Å². The van der Waals surface area contributed by atoms with E-state index < -0.39 is 0 Å². The molecular weight excluding hydrogens is 194 g/mol. The van der Waals surface area contributed by atoms with E-state index in [1.165, 1.54) is 36.8 Å². The second kappa shape index (κ2) is 3.59. The summed E-state index contributed by atoms with van der Waals surface area (Å²) in [6.45, 7) is 2.16. The molecule has 0 saturated heterocycles. The van der Waals surface area contributed by atoms with Gasteiger partial charge in [0.2, 0.25) is 0 Å². The summed E-state index contributed by atoms with van der Waals surface area (Å²) >= 11 is 0. The Morgan fingerprint density at radius 3 is 2.88 bits per heavy atom. The van der Waals surface area contributed by atoms with Crippen molar-refractivity contribution in [3.05, 3.63) is 35.4 Å². The van der Waals surface area contributed by atoms with Gasteiger partial charge in [-0.25, -0.2) is 0 Å². The molecule has 16 heavy (non-hydrogen) atoms. The predicted molar refractivity (Wildman–Crippen MR) is 67.2 cm³/mol. The maximum atomic E-state index is 6.63. The molecule has 2 aliphatic carbocycles. The Kier molecular flexibility index (Phi) is 2.32. The Balaban J connectivity index is 1.79. The lowest BCUT2D eigenvalue weighted by atomic mass is 9.77. The lowest BCUT2D eigenvalue weighted by molar-refractivity contribution is 0.269. The van der Waals surface area contributed by atoms with E-state index in [9.17, 15) is 0 Å². The van der Waals surface area contributed by atoms with Gasteiger partial charge in [0.15, 0.2) is 0 Å². The highest BCUT2D eigenvalue weighted by molar-refractivity contribution is 5.25. The van der Waals surface area contributed by atoms with Crippen LogP contribution in [0.2, 0.25) is 0 Å². The second-order valence-corrected chi connectivity index (χ2v) is 5.98. The minimum atomic E-state index is 0.108. The molecule has 2 bridgehead atoms. The van der Waals surface area contributed by atoms with Gasteiger partial charge < -0.3 is 5.73 Å². The second-order valence-electron chi connectivity index (χ2n) is 5.98. The zero-order valence-corrected chi connectivity index (χ0v) is 10.1. The van der Waals surface area contributed by atoms with E-state index in [0.717, 1.165) is 18.3 Å². The van der Waals surface area contributed by atoms with Gasteiger partial charge in [-0.15, -0.1) is 0 Å². The van der Waals surface area contributed by atoms with Crippen molar-refractivity contribution in [1.82, 2.24) is 0 Å². The maximum Gasteiger partial charge on any atom is 0.0226 e. The first-order chi connectivity index (χ1) is 7.66. The van der Waals surface area contributed by atoms with E-state index in [1.54, 1.807) is 0 Å². The van der Waals surface area contributed by atoms with E-state index in [0.29, 0.717) is 0 Å². The number of hydrogen-bond donors (Lipinski definition) is 1. The molecule has 0 spiro atoms. The average Bonchev–Trinajstić information content (AvgIpc) is 2.76. The maximum absolute atomic E-state index is 6.63. The minimum absolute atomic E-state index is 0.108. The van der Waals surface area contributed by atoms with Crippen molar-refractivity contribution in [2.24, 2.45) is 17.6 Å². The number of benzene rings is 1. The molecule has 3 atom stereocenters. The smallest absolute Gasteiger partial charge is 0.0226 e. The molecule has 3 rings (SSSR count). The fourth-order valence-electron chi connectivity index (χ4n) is 3.91. The number of hydrogen-bond acceptors (Lipinski definition) is 1. The molecule has 0 heterocycles. The third-order valence-electron chi connectivity index (χ3n) is 4.64. The molecule has 3 unspecified atom stereocenters. The van der Waals surface area contributed by atoms with Crippen LogP contribution in [0.15, 0.2) is 24.3 Å². The summed E-state index contributed by atoms with van der Waals surface area (Å²) in [5.74, 6) is 1.72. The van der Waals surface area contributed by atoms with Crippen molar-refractivity contribution in [3.63, 3.8) is 0 Å². The van der Waals surface area contributed by atoms with Crippen molar-refractivity contribution >= 4 is 0 Å². The van der Waals surface area contributed by atoms with Crippen molar-refractivity contribution in [2.45, 2.75) is 44.6 Å². The first kappa shape index (κ1) is 10.3. The molecule has 0 aromatic heterocycles. The third kappa shape index (κ3) is 1.67. The third-order valence-corrected chi connectivity index (χ3v) is 4.64. The van der Waals surface area contributed by atoms with Gasteiger partial charge in [-0.2, -0.15) is 0 Å². The Morgan fingerprint density at radius 2 is 2.25 bits per heavy atom. The predicted octanol–water partition coefficient (Wildman–Crippen LogP) is 3.06. The molecule has 1 nitrogen and oxygen atoms in total. The Morgan fingerprint density at radius 1 is 1.38 bits per heavy atom. The Hall–Kier alpha value is -0.820. The molecule has 2 N–H and O–H groups in total. The average molecular weight is 215 g/mol. The molecule has 1 heteroatoms. The molecule has 0 radical (unpaired) electrons. The number of rotatable bonds is 2. The van der Waals surface area contributed by atoms with Crippen LogP contribution in [0.1, 0.15) is 36.8 Å². The summed E-state index contributed by atoms with van der Waals surface area (Å²) in [7, 11) is 0. The van der Waals surface area contributed by atoms with Gasteiger partial charge >= 0.3 is 0 Å². The summed E-state index contributed by atoms with van der Waals surface area (Å²) in [6.07, 6.45) is 6.52. The summed E-state index contributed by atoms with van der Waals surface area (Å²) in [6, 6.07) is 8.84. The highest BCUT2D eigenvalue weighted by Gasteiger charge is 2.48. The molecule has 2 fully saturated rings. The number of fused-ring (bicyclic) bond motifs is 2. The zero-order chi connectivity index (χ0) is 11.2. The van der Waals surface area contributed by atoms with E-state index >= 15 is 0 Å². The van der Waals surface area contributed by atoms with Crippen LogP contribution in [0.25, 0.3) is 0 Å². The summed E-state index contributed by atoms with van der Waals surface area (Å²) < 4.78 is 0. The molecule has 2 aliphatic rings. The van der Waals surface area contributed by atoms with Crippen molar-refractivity contribution < 1.29 is 0 Å². The van der Waals surface area contributed by atoms with Crippen LogP contribution in [-0.4, -0.2) is 5.54 Å². The fraction of sp³-hybridized carbons (Fsp3) is 0.600. The number of aryl methyl sites for hydroxylation is 1. The topological polar surface area (TPSA) is 26.0 Å². The Labute approximate surface area is 98.0 Å². The lowest BCUT2D eigenvalue weighted by Crippen LogP contribution is -2.46. The van der Waals surface area contributed by atoms with Gasteiger partial charge in [0.05, 0.1) is 0 Å². The lowest BCUT2D eigenvalue weighted by Gasteiger charge is -2.34. The van der Waals surface area contributed by atoms with Gasteiger partial charge in [-0.3, -0.25) is 0 Å². The largest absolute Gasteiger partial charge is 0.325 e. The number of nitrogens with two attached hydrogens (primary N) is 1. The van der Waals surface area contributed by atoms with Crippen molar-refractivity contribution in [1.29, 1.82) is 0 Å². The van der Waals surface area contributed by atoms with E-state index in [-0.39, 0.29) is 5.54 Å². The van der Waals surface area contributed by atoms with Crippen LogP contribution in [0.4, 0.5) is 0 Å². The van der Waals surface area contributed by atoms with Crippen LogP contribution >= 0.6 is 0 Å². The van der Waals surface area contributed by atoms with Gasteiger partial charge in [0.1, 0.15) is 0 Å². The Bertz CT molecular complexity index is 398. The minimum Gasteiger partial charge on any atom is -0.325 e. The first-order valence-electron chi connectivity index (χ1n) is 6.50. The highest BCUT2D eigenvalue weighted by Crippen LogP contribution is 2.50. The van der Waals surface area contributed by atoms with E-state index in [1.807, 2.05) is 0 Å². The van der Waals surface area contributed by atoms with Crippen LogP contribution in [0.3, 0.4) is 0 Å². The monoisotopic (exact) mass is 215 g/mol. The standard InChI is InChI=1S/C15H21N/c1-11-3-2-4-12(7-11)9-15(16)10-13-5-6-14(15)8-13/h2-4,7,13-14H,5-6,8-10,16H2,1H3. The first-order valence-corrected chi connectivity index (χ1v) is 6.50. The normalized spacial score (nSPS) is 36.9. The molecule has 0 amide bonds. The molecule has 1 aromatic carbocycles. The van der Waals surface area contributed by atoms with Gasteiger partial charge in [-0.1, -0.05) is 36.2 Å². The van der Waals surface area contributed by atoms with Crippen molar-refractivity contribution in [2.75, 3.05) is 0 Å². The molecular formula is C15H21N. The summed E-state index contributed by atoms with van der Waals surface area (Å²) in [5.41, 5.74) is 9.51. The summed E-state index contributed by atoms with van der Waals surface area (Å²) in [4.78, 5) is 0. The van der Waals surface area contributed by atoms with E-state index in [2.05, 4.69) is 31.2 Å². The van der Waals surface area contributed by atoms with Crippen LogP contribution in [0, 0.1) is 18.8 Å².